The number of amides is 1. The molecule has 9 heteroatoms. The molecule has 2 aromatic rings. The molecule has 2 rings (SSSR count). The zero-order chi connectivity index (χ0) is 22.1. The molecule has 0 aliphatic carbocycles. The highest BCUT2D eigenvalue weighted by molar-refractivity contribution is 9.10. The molecule has 0 heterocycles. The van der Waals surface area contributed by atoms with E-state index in [1.165, 1.54) is 4.31 Å². The summed E-state index contributed by atoms with van der Waals surface area (Å²) in [4.78, 5) is 24.0. The number of carbonyl (C=O) groups excluding carboxylic acids is 2. The summed E-state index contributed by atoms with van der Waals surface area (Å²) in [5.41, 5.74) is 1.42. The van der Waals surface area contributed by atoms with Gasteiger partial charge in [-0.05, 0) is 48.4 Å². The molecule has 0 atom stereocenters. The number of hydrogen-bond acceptors (Lipinski definition) is 5. The first kappa shape index (κ1) is 24.0. The summed E-state index contributed by atoms with van der Waals surface area (Å²) in [7, 11) is -3.50. The number of sulfonamides is 1. The first-order chi connectivity index (χ1) is 14.3. The summed E-state index contributed by atoms with van der Waals surface area (Å²) in [5.74, 6) is -0.919. The van der Waals surface area contributed by atoms with Crippen molar-refractivity contribution < 1.29 is 22.7 Å². The van der Waals surface area contributed by atoms with Gasteiger partial charge in [0.25, 0.3) is 5.91 Å². The predicted molar refractivity (Wildman–Crippen MR) is 119 cm³/mol. The Morgan fingerprint density at radius 3 is 2.17 bits per heavy atom. The van der Waals surface area contributed by atoms with E-state index in [4.69, 9.17) is 4.74 Å². The second-order valence-electron chi connectivity index (χ2n) is 6.45. The minimum atomic E-state index is -3.50. The molecule has 0 bridgehead atoms. The number of aryl methyl sites for hydroxylation is 1. The topological polar surface area (TPSA) is 92.8 Å². The quantitative estimate of drug-likeness (QED) is 0.507. The Labute approximate surface area is 185 Å². The molecule has 0 unspecified atom stereocenters. The summed E-state index contributed by atoms with van der Waals surface area (Å²) >= 11 is 3.31. The van der Waals surface area contributed by atoms with Gasteiger partial charge in [0.2, 0.25) is 10.0 Å². The van der Waals surface area contributed by atoms with E-state index in [2.05, 4.69) is 21.2 Å². The Hall–Kier alpha value is -2.23. The number of nitrogens with one attached hydrogen (secondary N) is 1. The maximum atomic E-state index is 12.5. The molecule has 0 saturated heterocycles. The molecule has 0 aromatic heterocycles. The number of rotatable bonds is 10. The summed E-state index contributed by atoms with van der Waals surface area (Å²) < 4.78 is 32.2. The van der Waals surface area contributed by atoms with Gasteiger partial charge in [0.05, 0.1) is 4.90 Å². The Morgan fingerprint density at radius 1 is 1.00 bits per heavy atom. The van der Waals surface area contributed by atoms with Crippen LogP contribution in [-0.4, -0.2) is 44.3 Å². The number of hydrogen-bond donors (Lipinski definition) is 1. The summed E-state index contributed by atoms with van der Waals surface area (Å²) in [6, 6.07) is 13.5. The van der Waals surface area contributed by atoms with Gasteiger partial charge in [-0.2, -0.15) is 4.31 Å². The standard InChI is InChI=1S/C21H25BrN2O5S/c1-3-24(4-2)30(27,28)19-12-5-16(6-13-19)7-14-21(26)29-15-20(25)23-18-10-8-17(22)9-11-18/h5-6,8-13H,3-4,7,14-15H2,1-2H3,(H,23,25). The van der Waals surface area contributed by atoms with Crippen LogP contribution in [0.25, 0.3) is 0 Å². The molecule has 30 heavy (non-hydrogen) atoms. The molecule has 1 amide bonds. The molecule has 0 saturated carbocycles. The van der Waals surface area contributed by atoms with E-state index in [9.17, 15) is 18.0 Å². The Bertz CT molecular complexity index is 956. The molecule has 0 aliphatic rings. The van der Waals surface area contributed by atoms with Gasteiger partial charge < -0.3 is 10.1 Å². The Balaban J connectivity index is 1.80. The van der Waals surface area contributed by atoms with Gasteiger partial charge in [-0.3, -0.25) is 9.59 Å². The number of benzene rings is 2. The lowest BCUT2D eigenvalue weighted by Gasteiger charge is -2.18. The predicted octanol–water partition coefficient (Wildman–Crippen LogP) is 3.59. The lowest BCUT2D eigenvalue weighted by atomic mass is 10.1. The van der Waals surface area contributed by atoms with Crippen LogP contribution in [0.1, 0.15) is 25.8 Å². The zero-order valence-electron chi connectivity index (χ0n) is 16.9. The number of esters is 1. The number of carbonyl (C=O) groups is 2. The first-order valence-electron chi connectivity index (χ1n) is 9.56. The second-order valence-corrected chi connectivity index (χ2v) is 9.30. The van der Waals surface area contributed by atoms with E-state index in [-0.39, 0.29) is 17.9 Å². The van der Waals surface area contributed by atoms with Crippen molar-refractivity contribution >= 4 is 43.5 Å². The molecule has 2 aromatic carbocycles. The van der Waals surface area contributed by atoms with E-state index < -0.39 is 21.9 Å². The third-order valence-corrected chi connectivity index (χ3v) is 6.97. The smallest absolute Gasteiger partial charge is 0.306 e. The van der Waals surface area contributed by atoms with Gasteiger partial charge >= 0.3 is 5.97 Å². The minimum Gasteiger partial charge on any atom is -0.456 e. The molecular formula is C21H25BrN2O5S. The lowest BCUT2D eigenvalue weighted by Crippen LogP contribution is -2.30. The Kier molecular flexibility index (Phi) is 9.01. The summed E-state index contributed by atoms with van der Waals surface area (Å²) in [6.45, 7) is 4.03. The van der Waals surface area contributed by atoms with Crippen LogP contribution in [0.5, 0.6) is 0 Å². The molecule has 1 N–H and O–H groups in total. The molecule has 0 aliphatic heterocycles. The van der Waals surface area contributed by atoms with Crippen LogP contribution in [0.3, 0.4) is 0 Å². The molecule has 0 fully saturated rings. The van der Waals surface area contributed by atoms with Crippen molar-refractivity contribution in [1.29, 1.82) is 0 Å². The van der Waals surface area contributed by atoms with Crippen LogP contribution in [-0.2, 0) is 30.8 Å². The fourth-order valence-electron chi connectivity index (χ4n) is 2.74. The van der Waals surface area contributed by atoms with Gasteiger partial charge in [-0.15, -0.1) is 0 Å². The van der Waals surface area contributed by atoms with E-state index >= 15 is 0 Å². The van der Waals surface area contributed by atoms with Crippen molar-refractivity contribution in [2.24, 2.45) is 0 Å². The van der Waals surface area contributed by atoms with Crippen LogP contribution in [0.15, 0.2) is 57.9 Å². The zero-order valence-corrected chi connectivity index (χ0v) is 19.3. The average molecular weight is 497 g/mol. The van der Waals surface area contributed by atoms with Crippen molar-refractivity contribution in [3.8, 4) is 0 Å². The highest BCUT2D eigenvalue weighted by Crippen LogP contribution is 2.17. The fraction of sp³-hybridized carbons (Fsp3) is 0.333. The number of nitrogens with zero attached hydrogens (tertiary/aromatic N) is 1. The van der Waals surface area contributed by atoms with Gasteiger partial charge in [0, 0.05) is 29.7 Å². The monoisotopic (exact) mass is 496 g/mol. The lowest BCUT2D eigenvalue weighted by molar-refractivity contribution is -0.147. The van der Waals surface area contributed by atoms with Crippen molar-refractivity contribution in [3.63, 3.8) is 0 Å². The first-order valence-corrected chi connectivity index (χ1v) is 11.8. The third kappa shape index (κ3) is 6.93. The van der Waals surface area contributed by atoms with Crippen molar-refractivity contribution in [1.82, 2.24) is 4.31 Å². The molecule has 0 spiro atoms. The van der Waals surface area contributed by atoms with Crippen LogP contribution < -0.4 is 5.32 Å². The molecule has 0 radical (unpaired) electrons. The summed E-state index contributed by atoms with van der Waals surface area (Å²) in [6.07, 6.45) is 0.479. The number of anilines is 1. The normalized spacial score (nSPS) is 11.3. The van der Waals surface area contributed by atoms with E-state index in [0.717, 1.165) is 10.0 Å². The van der Waals surface area contributed by atoms with Crippen LogP contribution >= 0.6 is 15.9 Å². The molecule has 7 nitrogen and oxygen atoms in total. The fourth-order valence-corrected chi connectivity index (χ4v) is 4.46. The van der Waals surface area contributed by atoms with Crippen LogP contribution in [0.4, 0.5) is 5.69 Å². The third-order valence-electron chi connectivity index (χ3n) is 4.38. The van der Waals surface area contributed by atoms with E-state index in [0.29, 0.717) is 25.2 Å². The second kappa shape index (κ2) is 11.2. The van der Waals surface area contributed by atoms with E-state index in [1.807, 2.05) is 0 Å². The highest BCUT2D eigenvalue weighted by Gasteiger charge is 2.21. The largest absolute Gasteiger partial charge is 0.456 e. The number of halogens is 1. The Morgan fingerprint density at radius 2 is 1.60 bits per heavy atom. The SMILES string of the molecule is CCN(CC)S(=O)(=O)c1ccc(CCC(=O)OCC(=O)Nc2ccc(Br)cc2)cc1. The van der Waals surface area contributed by atoms with Gasteiger partial charge in [-0.1, -0.05) is 41.9 Å². The highest BCUT2D eigenvalue weighted by atomic mass is 79.9. The van der Waals surface area contributed by atoms with Crippen molar-refractivity contribution in [2.75, 3.05) is 25.0 Å². The van der Waals surface area contributed by atoms with Gasteiger partial charge in [-0.25, -0.2) is 8.42 Å². The van der Waals surface area contributed by atoms with E-state index in [1.54, 1.807) is 62.4 Å². The van der Waals surface area contributed by atoms with Crippen LogP contribution in [0.2, 0.25) is 0 Å². The number of ether oxygens (including phenoxy) is 1. The molecular weight excluding hydrogens is 472 g/mol. The van der Waals surface area contributed by atoms with Gasteiger partial charge in [0.1, 0.15) is 0 Å². The van der Waals surface area contributed by atoms with Crippen molar-refractivity contribution in [3.05, 3.63) is 58.6 Å². The van der Waals surface area contributed by atoms with Crippen molar-refractivity contribution in [2.45, 2.75) is 31.6 Å². The average Bonchev–Trinajstić information content (AvgIpc) is 2.73. The minimum absolute atomic E-state index is 0.0910. The summed E-state index contributed by atoms with van der Waals surface area (Å²) in [5, 5.41) is 2.64. The maximum Gasteiger partial charge on any atom is 0.306 e. The van der Waals surface area contributed by atoms with Crippen LogP contribution in [0, 0.1) is 0 Å². The molecule has 162 valence electrons. The maximum absolute atomic E-state index is 12.5. The van der Waals surface area contributed by atoms with Gasteiger partial charge in [0.15, 0.2) is 6.61 Å².